The van der Waals surface area contributed by atoms with Crippen LogP contribution in [0.5, 0.6) is 0 Å². The first-order valence-electron chi connectivity index (χ1n) is 10.3. The molecule has 2 fully saturated rings. The molecule has 4 amide bonds. The van der Waals surface area contributed by atoms with Gasteiger partial charge >= 0.3 is 6.03 Å². The molecule has 162 valence electrons. The Bertz CT molecular complexity index is 968. The minimum atomic E-state index is -0.754. The van der Waals surface area contributed by atoms with Crippen LogP contribution in [0.1, 0.15) is 30.1 Å². The summed E-state index contributed by atoms with van der Waals surface area (Å²) in [6.07, 6.45) is 0.191. The van der Waals surface area contributed by atoms with E-state index in [1.54, 1.807) is 11.0 Å². The zero-order chi connectivity index (χ0) is 21.8. The monoisotopic (exact) mass is 425 g/mol. The number of imide groups is 1. The Kier molecular flexibility index (Phi) is 6.27. The third-order valence-electron chi connectivity index (χ3n) is 5.57. The van der Waals surface area contributed by atoms with Crippen molar-refractivity contribution < 1.29 is 23.5 Å². The minimum absolute atomic E-state index is 0.00487. The first kappa shape index (κ1) is 21.0. The number of hydrogen-bond acceptors (Lipinski definition) is 4. The van der Waals surface area contributed by atoms with Crippen LogP contribution in [-0.4, -0.2) is 53.4 Å². The van der Waals surface area contributed by atoms with Crippen LogP contribution in [0.2, 0.25) is 0 Å². The summed E-state index contributed by atoms with van der Waals surface area (Å²) in [7, 11) is 0. The van der Waals surface area contributed by atoms with Crippen molar-refractivity contribution in [3.8, 4) is 0 Å². The summed E-state index contributed by atoms with van der Waals surface area (Å²) in [4.78, 5) is 40.4. The van der Waals surface area contributed by atoms with Crippen LogP contribution in [0, 0.1) is 5.82 Å². The molecule has 0 bridgehead atoms. The van der Waals surface area contributed by atoms with Gasteiger partial charge in [-0.3, -0.25) is 14.5 Å². The van der Waals surface area contributed by atoms with Crippen LogP contribution in [-0.2, 0) is 20.9 Å². The van der Waals surface area contributed by atoms with E-state index in [9.17, 15) is 18.8 Å². The van der Waals surface area contributed by atoms with E-state index in [4.69, 9.17) is 4.74 Å². The van der Waals surface area contributed by atoms with Crippen LogP contribution in [0.4, 0.5) is 9.18 Å². The molecule has 2 heterocycles. The highest BCUT2D eigenvalue weighted by Crippen LogP contribution is 2.23. The van der Waals surface area contributed by atoms with E-state index in [2.05, 4.69) is 5.32 Å². The van der Waals surface area contributed by atoms with E-state index >= 15 is 0 Å². The molecule has 2 aliphatic rings. The van der Waals surface area contributed by atoms with Crippen molar-refractivity contribution in [2.24, 2.45) is 0 Å². The number of nitrogens with zero attached hydrogens (tertiary/aromatic N) is 2. The zero-order valence-electron chi connectivity index (χ0n) is 17.0. The maximum atomic E-state index is 13.4. The van der Waals surface area contributed by atoms with Gasteiger partial charge in [-0.25, -0.2) is 9.18 Å². The second-order valence-electron chi connectivity index (χ2n) is 7.70. The van der Waals surface area contributed by atoms with Crippen molar-refractivity contribution in [1.29, 1.82) is 0 Å². The standard InChI is InChI=1S/C23H24FN3O4/c24-18-8-4-5-16(13-18)14-27-22(29)19(25-23(27)30)9-10-21(28)26-11-12-31-20(15-26)17-6-2-1-3-7-17/h1-8,13,19-20H,9-12,14-15H2,(H,25,30)/t19-,20-/m1/s1. The molecule has 7 nitrogen and oxygen atoms in total. The lowest BCUT2D eigenvalue weighted by Crippen LogP contribution is -2.43. The third-order valence-corrected chi connectivity index (χ3v) is 5.57. The summed E-state index contributed by atoms with van der Waals surface area (Å²) in [5.41, 5.74) is 1.55. The summed E-state index contributed by atoms with van der Waals surface area (Å²) in [5.74, 6) is -0.896. The molecule has 2 aromatic carbocycles. The Morgan fingerprint density at radius 1 is 1.13 bits per heavy atom. The van der Waals surface area contributed by atoms with Gasteiger partial charge in [-0.05, 0) is 29.7 Å². The number of nitrogens with one attached hydrogen (secondary N) is 1. The molecule has 2 saturated heterocycles. The number of carbonyl (C=O) groups is 3. The molecule has 2 aromatic rings. The largest absolute Gasteiger partial charge is 0.370 e. The molecule has 2 aliphatic heterocycles. The summed E-state index contributed by atoms with van der Waals surface area (Å²) < 4.78 is 19.2. The molecule has 0 spiro atoms. The van der Waals surface area contributed by atoms with Gasteiger partial charge in [0.2, 0.25) is 5.91 Å². The number of amides is 4. The first-order chi connectivity index (χ1) is 15.0. The van der Waals surface area contributed by atoms with Crippen molar-refractivity contribution in [3.05, 3.63) is 71.5 Å². The molecule has 1 N–H and O–H groups in total. The highest BCUT2D eigenvalue weighted by molar-refractivity contribution is 6.04. The Morgan fingerprint density at radius 2 is 1.94 bits per heavy atom. The van der Waals surface area contributed by atoms with E-state index in [-0.39, 0.29) is 31.4 Å². The lowest BCUT2D eigenvalue weighted by molar-refractivity contribution is -0.139. The van der Waals surface area contributed by atoms with Crippen molar-refractivity contribution >= 4 is 17.8 Å². The van der Waals surface area contributed by atoms with Crippen molar-refractivity contribution in [1.82, 2.24) is 15.1 Å². The van der Waals surface area contributed by atoms with Gasteiger partial charge in [0.1, 0.15) is 18.0 Å². The fourth-order valence-corrected chi connectivity index (χ4v) is 3.91. The van der Waals surface area contributed by atoms with Gasteiger partial charge in [0.05, 0.1) is 19.7 Å². The molecule has 2 atom stereocenters. The highest BCUT2D eigenvalue weighted by Gasteiger charge is 2.38. The topological polar surface area (TPSA) is 79.0 Å². The van der Waals surface area contributed by atoms with Gasteiger partial charge in [-0.2, -0.15) is 0 Å². The Balaban J connectivity index is 1.31. The highest BCUT2D eigenvalue weighted by atomic mass is 19.1. The molecule has 4 rings (SSSR count). The van der Waals surface area contributed by atoms with E-state index < -0.39 is 23.8 Å². The number of morpholine rings is 1. The lowest BCUT2D eigenvalue weighted by Gasteiger charge is -2.33. The molecule has 0 radical (unpaired) electrons. The molecule has 0 saturated carbocycles. The Morgan fingerprint density at radius 3 is 2.71 bits per heavy atom. The van der Waals surface area contributed by atoms with E-state index in [1.165, 1.54) is 18.2 Å². The second kappa shape index (κ2) is 9.26. The quantitative estimate of drug-likeness (QED) is 0.722. The summed E-state index contributed by atoms with van der Waals surface area (Å²) in [6.45, 7) is 1.40. The fourth-order valence-electron chi connectivity index (χ4n) is 3.91. The summed E-state index contributed by atoms with van der Waals surface area (Å²) in [6, 6.07) is 14.2. The van der Waals surface area contributed by atoms with Gasteiger partial charge in [0.15, 0.2) is 0 Å². The van der Waals surface area contributed by atoms with E-state index in [0.717, 1.165) is 10.5 Å². The number of benzene rings is 2. The van der Waals surface area contributed by atoms with Gasteiger partial charge < -0.3 is 15.0 Å². The minimum Gasteiger partial charge on any atom is -0.370 e. The average Bonchev–Trinajstić information content (AvgIpc) is 3.06. The Hall–Kier alpha value is -3.26. The summed E-state index contributed by atoms with van der Waals surface area (Å²) >= 11 is 0. The molecule has 0 unspecified atom stereocenters. The van der Waals surface area contributed by atoms with E-state index in [0.29, 0.717) is 25.3 Å². The van der Waals surface area contributed by atoms with Crippen LogP contribution >= 0.6 is 0 Å². The zero-order valence-corrected chi connectivity index (χ0v) is 17.0. The lowest BCUT2D eigenvalue weighted by atomic mass is 10.1. The maximum absolute atomic E-state index is 13.4. The number of urea groups is 1. The van der Waals surface area contributed by atoms with Crippen molar-refractivity contribution in [2.75, 3.05) is 19.7 Å². The summed E-state index contributed by atoms with van der Waals surface area (Å²) in [5, 5.41) is 2.63. The molecule has 0 aliphatic carbocycles. The molecule has 0 aromatic heterocycles. The molecular formula is C23H24FN3O4. The van der Waals surface area contributed by atoms with Crippen LogP contribution < -0.4 is 5.32 Å². The second-order valence-corrected chi connectivity index (χ2v) is 7.70. The number of rotatable bonds is 6. The number of ether oxygens (including phenoxy) is 1. The Labute approximate surface area is 179 Å². The predicted molar refractivity (Wildman–Crippen MR) is 110 cm³/mol. The van der Waals surface area contributed by atoms with Crippen molar-refractivity contribution in [3.63, 3.8) is 0 Å². The first-order valence-corrected chi connectivity index (χ1v) is 10.3. The van der Waals surface area contributed by atoms with Gasteiger partial charge in [-0.15, -0.1) is 0 Å². The molecule has 31 heavy (non-hydrogen) atoms. The fraction of sp³-hybridized carbons (Fsp3) is 0.348. The number of hydrogen-bond donors (Lipinski definition) is 1. The normalized spacial score (nSPS) is 21.3. The van der Waals surface area contributed by atoms with E-state index in [1.807, 2.05) is 30.3 Å². The van der Waals surface area contributed by atoms with Gasteiger partial charge in [0.25, 0.3) is 5.91 Å². The van der Waals surface area contributed by atoms with Gasteiger partial charge in [-0.1, -0.05) is 42.5 Å². The smallest absolute Gasteiger partial charge is 0.325 e. The maximum Gasteiger partial charge on any atom is 0.325 e. The van der Waals surface area contributed by atoms with Crippen molar-refractivity contribution in [2.45, 2.75) is 31.5 Å². The van der Waals surface area contributed by atoms with Crippen LogP contribution in [0.3, 0.4) is 0 Å². The molecular weight excluding hydrogens is 401 g/mol. The molecule has 8 heteroatoms. The number of carbonyl (C=O) groups excluding carboxylic acids is 3. The van der Waals surface area contributed by atoms with Crippen LogP contribution in [0.15, 0.2) is 54.6 Å². The SMILES string of the molecule is O=C(CC[C@H]1NC(=O)N(Cc2cccc(F)c2)C1=O)N1CCO[C@@H](c2ccccc2)C1. The third kappa shape index (κ3) is 4.91. The number of halogens is 1. The predicted octanol–water partition coefficient (Wildman–Crippen LogP) is 2.63. The van der Waals surface area contributed by atoms with Crippen LogP contribution in [0.25, 0.3) is 0 Å². The average molecular weight is 425 g/mol. The van der Waals surface area contributed by atoms with Gasteiger partial charge in [0, 0.05) is 13.0 Å².